The summed E-state index contributed by atoms with van der Waals surface area (Å²) in [4.78, 5) is 38.1. The molecule has 0 radical (unpaired) electrons. The molecule has 2 fully saturated rings. The van der Waals surface area contributed by atoms with Gasteiger partial charge < -0.3 is 24.6 Å². The molecule has 0 aromatic heterocycles. The van der Waals surface area contributed by atoms with Crippen LogP contribution in [0.25, 0.3) is 0 Å². The Morgan fingerprint density at radius 3 is 2.44 bits per heavy atom. The molecule has 10 heteroatoms. The van der Waals surface area contributed by atoms with Crippen LogP contribution in [0.1, 0.15) is 78.8 Å². The average Bonchev–Trinajstić information content (AvgIpc) is 3.53. The number of hydrogen-bond donors (Lipinski definition) is 3. The number of carboxylic acid groups (broad SMARTS) is 1. The Hall–Kier alpha value is -3.14. The molecule has 2 saturated carbocycles. The van der Waals surface area contributed by atoms with Crippen LogP contribution in [0.2, 0.25) is 5.02 Å². The number of likely N-dealkylation sites (N-methyl/N-ethyl adjacent to an activating group) is 1. The number of nitrogens with one attached hydrogen (secondary N) is 1. The van der Waals surface area contributed by atoms with Crippen LogP contribution in [-0.2, 0) is 15.1 Å². The second kappa shape index (κ2) is 13.7. The molecule has 0 saturated heterocycles. The molecular formula is C31H39ClN2O7. The number of anilines is 1. The van der Waals surface area contributed by atoms with E-state index >= 15 is 0 Å². The number of carbonyl (C=O) groups excluding carboxylic acids is 2. The molecule has 2 aliphatic carbocycles. The van der Waals surface area contributed by atoms with Gasteiger partial charge in [-0.05, 0) is 68.7 Å². The van der Waals surface area contributed by atoms with Crippen LogP contribution in [0.5, 0.6) is 5.75 Å². The SMILES string of the molecule is COc1cc(NC(=O)OCCN(C)C2CCC(c3ccccc3[C@@](O)(C(=O)O)C3CCCC3)CC2)c(Cl)cc1C=O. The van der Waals surface area contributed by atoms with E-state index < -0.39 is 17.7 Å². The Balaban J connectivity index is 1.30. The highest BCUT2D eigenvalue weighted by Crippen LogP contribution is 2.45. The van der Waals surface area contributed by atoms with E-state index in [1.54, 1.807) is 6.07 Å². The highest BCUT2D eigenvalue weighted by molar-refractivity contribution is 6.34. The fraction of sp³-hybridized carbons (Fsp3) is 0.516. The van der Waals surface area contributed by atoms with E-state index in [0.29, 0.717) is 30.2 Å². The van der Waals surface area contributed by atoms with Crippen LogP contribution < -0.4 is 10.1 Å². The minimum absolute atomic E-state index is 0.178. The first kappa shape index (κ1) is 30.8. The number of carboxylic acids is 1. The van der Waals surface area contributed by atoms with Crippen molar-refractivity contribution < 1.29 is 34.1 Å². The topological polar surface area (TPSA) is 125 Å². The zero-order valence-corrected chi connectivity index (χ0v) is 24.4. The summed E-state index contributed by atoms with van der Waals surface area (Å²) < 4.78 is 10.5. The fourth-order valence-electron chi connectivity index (χ4n) is 6.43. The van der Waals surface area contributed by atoms with Gasteiger partial charge in [-0.25, -0.2) is 9.59 Å². The molecule has 4 rings (SSSR count). The van der Waals surface area contributed by atoms with Gasteiger partial charge in [0.05, 0.1) is 23.4 Å². The van der Waals surface area contributed by atoms with Crippen LogP contribution >= 0.6 is 11.6 Å². The standard InChI is InChI=1S/C31H39ClN2O7/c1-34(15-16-41-30(38)33-27-18-28(40-2)21(19-35)17-26(27)32)23-13-11-20(12-14-23)24-9-5-6-10-25(24)31(39,29(36)37)22-7-3-4-8-22/h5-6,9-10,17-20,22-23,39H,3-4,7-8,11-16H2,1-2H3,(H,33,38)(H,36,37)/t20?,23?,31-/m1/s1. The number of amides is 1. The predicted molar refractivity (Wildman–Crippen MR) is 156 cm³/mol. The molecule has 9 nitrogen and oxygen atoms in total. The van der Waals surface area contributed by atoms with Gasteiger partial charge in [0.25, 0.3) is 0 Å². The van der Waals surface area contributed by atoms with Crippen molar-refractivity contribution in [2.45, 2.75) is 68.9 Å². The zero-order chi connectivity index (χ0) is 29.6. The van der Waals surface area contributed by atoms with E-state index in [2.05, 4.69) is 10.2 Å². The molecule has 1 atom stereocenters. The van der Waals surface area contributed by atoms with E-state index in [0.717, 1.165) is 56.9 Å². The summed E-state index contributed by atoms with van der Waals surface area (Å²) in [6.07, 6.45) is 6.89. The molecule has 1 amide bonds. The Labute approximate surface area is 245 Å². The molecule has 2 aliphatic rings. The molecular weight excluding hydrogens is 548 g/mol. The number of aliphatic hydroxyl groups is 1. The number of nitrogens with zero attached hydrogens (tertiary/aromatic N) is 1. The molecule has 0 spiro atoms. The van der Waals surface area contributed by atoms with Gasteiger partial charge >= 0.3 is 12.1 Å². The Morgan fingerprint density at radius 1 is 1.12 bits per heavy atom. The van der Waals surface area contributed by atoms with Crippen molar-refractivity contribution in [3.63, 3.8) is 0 Å². The Kier molecular flexibility index (Phi) is 10.3. The van der Waals surface area contributed by atoms with Crippen molar-refractivity contribution in [1.29, 1.82) is 0 Å². The maximum atomic E-state index is 12.4. The van der Waals surface area contributed by atoms with Gasteiger partial charge in [-0.2, -0.15) is 0 Å². The number of hydrogen-bond acceptors (Lipinski definition) is 7. The lowest BCUT2D eigenvalue weighted by molar-refractivity contribution is -0.166. The fourth-order valence-corrected chi connectivity index (χ4v) is 6.64. The number of methoxy groups -OCH3 is 1. The van der Waals surface area contributed by atoms with Crippen LogP contribution in [0, 0.1) is 5.92 Å². The predicted octanol–water partition coefficient (Wildman–Crippen LogP) is 5.83. The number of carbonyl (C=O) groups is 3. The number of halogens is 1. The monoisotopic (exact) mass is 586 g/mol. The molecule has 0 heterocycles. The molecule has 0 unspecified atom stereocenters. The highest BCUT2D eigenvalue weighted by atomic mass is 35.5. The van der Waals surface area contributed by atoms with Crippen molar-refractivity contribution >= 4 is 35.6 Å². The second-order valence-electron chi connectivity index (χ2n) is 11.1. The van der Waals surface area contributed by atoms with Gasteiger partial charge in [-0.15, -0.1) is 0 Å². The number of rotatable bonds is 11. The summed E-state index contributed by atoms with van der Waals surface area (Å²) in [6.45, 7) is 0.722. The van der Waals surface area contributed by atoms with Crippen LogP contribution in [-0.4, -0.2) is 66.8 Å². The molecule has 3 N–H and O–H groups in total. The first-order valence-electron chi connectivity index (χ1n) is 14.2. The molecule has 0 bridgehead atoms. The van der Waals surface area contributed by atoms with Gasteiger partial charge in [0, 0.05) is 24.6 Å². The van der Waals surface area contributed by atoms with Crippen molar-refractivity contribution in [2.24, 2.45) is 5.92 Å². The Morgan fingerprint density at radius 2 is 1.80 bits per heavy atom. The maximum Gasteiger partial charge on any atom is 0.411 e. The third kappa shape index (κ3) is 6.85. The minimum atomic E-state index is -1.86. The summed E-state index contributed by atoms with van der Waals surface area (Å²) >= 11 is 6.17. The van der Waals surface area contributed by atoms with Gasteiger partial charge in [0.15, 0.2) is 11.9 Å². The number of benzene rings is 2. The molecule has 41 heavy (non-hydrogen) atoms. The number of aldehydes is 1. The largest absolute Gasteiger partial charge is 0.496 e. The van der Waals surface area contributed by atoms with E-state index in [1.165, 1.54) is 19.2 Å². The van der Waals surface area contributed by atoms with Gasteiger partial charge in [-0.3, -0.25) is 10.1 Å². The van der Waals surface area contributed by atoms with E-state index in [1.807, 2.05) is 25.2 Å². The smallest absolute Gasteiger partial charge is 0.411 e. The second-order valence-corrected chi connectivity index (χ2v) is 11.5. The van der Waals surface area contributed by atoms with Crippen LogP contribution in [0.15, 0.2) is 36.4 Å². The molecule has 0 aliphatic heterocycles. The summed E-state index contributed by atoms with van der Waals surface area (Å²) in [7, 11) is 3.43. The molecule has 222 valence electrons. The van der Waals surface area contributed by atoms with Gasteiger partial charge in [0.2, 0.25) is 0 Å². The van der Waals surface area contributed by atoms with E-state index in [4.69, 9.17) is 21.1 Å². The van der Waals surface area contributed by atoms with Crippen molar-refractivity contribution in [1.82, 2.24) is 4.90 Å². The van der Waals surface area contributed by atoms with Gasteiger partial charge in [0.1, 0.15) is 12.4 Å². The lowest BCUT2D eigenvalue weighted by atomic mass is 9.73. The quantitative estimate of drug-likeness (QED) is 0.281. The van der Waals surface area contributed by atoms with Crippen molar-refractivity contribution in [2.75, 3.05) is 32.6 Å². The first-order valence-corrected chi connectivity index (χ1v) is 14.6. The zero-order valence-electron chi connectivity index (χ0n) is 23.6. The third-order valence-corrected chi connectivity index (χ3v) is 9.08. The Bertz CT molecular complexity index is 1240. The van der Waals surface area contributed by atoms with Gasteiger partial charge in [-0.1, -0.05) is 48.7 Å². The maximum absolute atomic E-state index is 12.4. The van der Waals surface area contributed by atoms with Crippen molar-refractivity contribution in [3.05, 3.63) is 58.1 Å². The highest BCUT2D eigenvalue weighted by Gasteiger charge is 2.48. The average molecular weight is 587 g/mol. The lowest BCUT2D eigenvalue weighted by Gasteiger charge is -2.38. The molecule has 2 aromatic carbocycles. The minimum Gasteiger partial charge on any atom is -0.496 e. The summed E-state index contributed by atoms with van der Waals surface area (Å²) in [5.41, 5.74) is 0.206. The van der Waals surface area contributed by atoms with Crippen molar-refractivity contribution in [3.8, 4) is 5.75 Å². The van der Waals surface area contributed by atoms with Crippen LogP contribution in [0.3, 0.4) is 0 Å². The number of ether oxygens (including phenoxy) is 2. The third-order valence-electron chi connectivity index (χ3n) is 8.76. The summed E-state index contributed by atoms with van der Waals surface area (Å²) in [5, 5.41) is 24.4. The summed E-state index contributed by atoms with van der Waals surface area (Å²) in [5.74, 6) is -0.954. The molecule has 2 aromatic rings. The van der Waals surface area contributed by atoms with E-state index in [9.17, 15) is 24.6 Å². The first-order chi connectivity index (χ1) is 19.7. The van der Waals surface area contributed by atoms with Crippen LogP contribution in [0.4, 0.5) is 10.5 Å². The number of aliphatic carboxylic acids is 1. The lowest BCUT2D eigenvalue weighted by Crippen LogP contribution is -2.43. The van der Waals surface area contributed by atoms with E-state index in [-0.39, 0.29) is 34.7 Å². The normalized spacial score (nSPS) is 20.8. The summed E-state index contributed by atoms with van der Waals surface area (Å²) in [6, 6.07) is 10.7.